The van der Waals surface area contributed by atoms with Crippen molar-refractivity contribution < 1.29 is 32.4 Å². The van der Waals surface area contributed by atoms with Gasteiger partial charge in [-0.1, -0.05) is 72.1 Å². The number of fused-ring (bicyclic) bond motifs is 1. The van der Waals surface area contributed by atoms with E-state index < -0.39 is 67.3 Å². The Hall–Kier alpha value is -2.70. The topological polar surface area (TPSA) is 171 Å². The Bertz CT molecular complexity index is 1550. The van der Waals surface area contributed by atoms with Gasteiger partial charge in [-0.25, -0.2) is 13.2 Å². The summed E-state index contributed by atoms with van der Waals surface area (Å²) >= 11 is 0. The highest BCUT2D eigenvalue weighted by Crippen LogP contribution is 2.65. The van der Waals surface area contributed by atoms with Gasteiger partial charge in [-0.15, -0.1) is 0 Å². The van der Waals surface area contributed by atoms with Crippen LogP contribution in [-0.4, -0.2) is 89.6 Å². The largest absolute Gasteiger partial charge is 0.347 e. The Balaban J connectivity index is 1.23. The number of nitrogens with one attached hydrogen (secondary N) is 4. The van der Waals surface area contributed by atoms with E-state index in [1.807, 2.05) is 6.92 Å². The third kappa shape index (κ3) is 8.75. The molecule has 6 fully saturated rings. The average Bonchev–Trinajstić information content (AvgIpc) is 4.04. The molecule has 13 heteroatoms. The Kier molecular flexibility index (Phi) is 11.1. The van der Waals surface area contributed by atoms with Gasteiger partial charge in [0.1, 0.15) is 12.1 Å². The summed E-state index contributed by atoms with van der Waals surface area (Å²) in [6.07, 6.45) is 12.9. The summed E-state index contributed by atoms with van der Waals surface area (Å²) in [7, 11) is -3.56. The summed E-state index contributed by atoms with van der Waals surface area (Å²) in [5, 5.41) is 11.9. The molecular formula is C40H65N5O7S. The fraction of sp³-hybridized carbons (Fsp3) is 0.875. The van der Waals surface area contributed by atoms with Crippen molar-refractivity contribution in [2.75, 3.05) is 12.3 Å². The second-order valence-corrected chi connectivity index (χ2v) is 22.3. The molecule has 298 valence electrons. The van der Waals surface area contributed by atoms with Crippen molar-refractivity contribution in [1.29, 1.82) is 0 Å². The highest BCUT2D eigenvalue weighted by Gasteiger charge is 2.70. The van der Waals surface area contributed by atoms with Crippen molar-refractivity contribution in [3.63, 3.8) is 0 Å². The fourth-order valence-electron chi connectivity index (χ4n) is 9.66. The second kappa shape index (κ2) is 14.8. The maximum absolute atomic E-state index is 15.0. The van der Waals surface area contributed by atoms with Crippen LogP contribution < -0.4 is 21.3 Å². The highest BCUT2D eigenvalue weighted by molar-refractivity contribution is 7.92. The van der Waals surface area contributed by atoms with Crippen molar-refractivity contribution in [2.45, 2.75) is 179 Å². The standard InChI is InChI=1S/C40H65N5O7S/c1-37(2,3)53(51,52)24-40(21-11-8-12-22-40)44-36(50)43-32(39(6)19-9-7-10-20-39)35(49)45-23-27-29(38(27,4)5)30(45)33(47)42-28(18-15-25-13-14-25)31(46)34(48)41-26-16-17-26/h25-30,32H,7-24H2,1-6H3,(H,41,48)(H,42,47)(H2,43,44,50)/t27-,28?,29-,30-,32+/m0/s1. The van der Waals surface area contributed by atoms with Gasteiger partial charge in [0.15, 0.2) is 9.84 Å². The molecule has 53 heavy (non-hydrogen) atoms. The lowest BCUT2D eigenvalue weighted by atomic mass is 9.70. The average molecular weight is 760 g/mol. The molecule has 6 aliphatic rings. The van der Waals surface area contributed by atoms with Crippen LogP contribution in [0.5, 0.6) is 0 Å². The van der Waals surface area contributed by atoms with Gasteiger partial charge in [-0.05, 0) is 101 Å². The number of sulfone groups is 1. The number of ketones is 1. The van der Waals surface area contributed by atoms with Crippen LogP contribution in [0, 0.1) is 28.6 Å². The molecular weight excluding hydrogens is 695 g/mol. The molecule has 1 heterocycles. The SMILES string of the molecule is CC1([C@H](NC(=O)NC2(CS(=O)(=O)C(C)(C)C)CCCCC2)C(=O)N2C[C@H]3[C@@H]([C@H]2C(=O)NC(CCC2CC2)C(=O)C(=O)NC2CC2)C3(C)C)CCCCC1. The van der Waals surface area contributed by atoms with Gasteiger partial charge in [-0.2, -0.15) is 0 Å². The Morgan fingerprint density at radius 1 is 0.830 bits per heavy atom. The summed E-state index contributed by atoms with van der Waals surface area (Å²) in [6.45, 7) is 11.6. The van der Waals surface area contributed by atoms with E-state index >= 15 is 0 Å². The zero-order valence-corrected chi connectivity index (χ0v) is 33.8. The first kappa shape index (κ1) is 40.0. The van der Waals surface area contributed by atoms with E-state index in [0.29, 0.717) is 31.7 Å². The Morgan fingerprint density at radius 2 is 1.43 bits per heavy atom. The molecule has 5 atom stereocenters. The molecule has 0 aromatic rings. The quantitative estimate of drug-likeness (QED) is 0.188. The normalized spacial score (nSPS) is 28.5. The molecule has 6 rings (SSSR count). The Morgan fingerprint density at radius 3 is 2.00 bits per heavy atom. The first-order chi connectivity index (χ1) is 24.8. The molecule has 5 aliphatic carbocycles. The van der Waals surface area contributed by atoms with Gasteiger partial charge in [-0.3, -0.25) is 19.2 Å². The molecule has 0 aromatic carbocycles. The minimum absolute atomic E-state index is 0.0147. The predicted octanol–water partition coefficient (Wildman–Crippen LogP) is 4.55. The van der Waals surface area contributed by atoms with E-state index in [4.69, 9.17) is 0 Å². The van der Waals surface area contributed by atoms with Crippen LogP contribution in [0.1, 0.15) is 144 Å². The highest BCUT2D eigenvalue weighted by atomic mass is 32.2. The number of rotatable bonds is 14. The molecule has 0 radical (unpaired) electrons. The van der Waals surface area contributed by atoms with Crippen molar-refractivity contribution in [3.8, 4) is 0 Å². The summed E-state index contributed by atoms with van der Waals surface area (Å²) in [5.74, 6) is -1.74. The first-order valence-corrected chi connectivity index (χ1v) is 22.2. The monoisotopic (exact) mass is 759 g/mol. The molecule has 4 N–H and O–H groups in total. The maximum Gasteiger partial charge on any atom is 0.315 e. The van der Waals surface area contributed by atoms with E-state index in [1.54, 1.807) is 25.7 Å². The molecule has 12 nitrogen and oxygen atoms in total. The van der Waals surface area contributed by atoms with Crippen LogP contribution in [0.3, 0.4) is 0 Å². The lowest BCUT2D eigenvalue weighted by Crippen LogP contribution is -2.65. The number of carbonyl (C=O) groups is 5. The summed E-state index contributed by atoms with van der Waals surface area (Å²) in [5.41, 5.74) is -1.70. The number of hydrogen-bond donors (Lipinski definition) is 4. The lowest BCUT2D eigenvalue weighted by Gasteiger charge is -2.44. The minimum atomic E-state index is -3.56. The van der Waals surface area contributed by atoms with E-state index in [1.165, 1.54) is 0 Å². The van der Waals surface area contributed by atoms with Crippen molar-refractivity contribution in [2.24, 2.45) is 28.6 Å². The van der Waals surface area contributed by atoms with Gasteiger partial charge < -0.3 is 26.2 Å². The van der Waals surface area contributed by atoms with E-state index in [9.17, 15) is 32.4 Å². The fourth-order valence-corrected chi connectivity index (χ4v) is 11.2. The van der Waals surface area contributed by atoms with Crippen molar-refractivity contribution in [3.05, 3.63) is 0 Å². The predicted molar refractivity (Wildman–Crippen MR) is 202 cm³/mol. The molecule has 0 aromatic heterocycles. The number of hydrogen-bond acceptors (Lipinski definition) is 7. The van der Waals surface area contributed by atoms with Crippen LogP contribution in [0.2, 0.25) is 0 Å². The van der Waals surface area contributed by atoms with E-state index in [0.717, 1.165) is 83.5 Å². The van der Waals surface area contributed by atoms with Gasteiger partial charge in [0.05, 0.1) is 22.1 Å². The maximum atomic E-state index is 15.0. The van der Waals surface area contributed by atoms with Crippen LogP contribution in [-0.2, 0) is 29.0 Å². The number of nitrogens with zero attached hydrogens (tertiary/aromatic N) is 1. The zero-order valence-electron chi connectivity index (χ0n) is 33.0. The number of likely N-dealkylation sites (tertiary alicyclic amines) is 1. The number of carbonyl (C=O) groups excluding carboxylic acids is 5. The summed E-state index contributed by atoms with van der Waals surface area (Å²) in [4.78, 5) is 71.4. The first-order valence-electron chi connectivity index (χ1n) is 20.5. The molecule has 1 saturated heterocycles. The molecule has 5 amide bonds. The van der Waals surface area contributed by atoms with E-state index in [2.05, 4.69) is 35.1 Å². The molecule has 1 unspecified atom stereocenters. The number of piperidine rings is 1. The van der Waals surface area contributed by atoms with Crippen LogP contribution >= 0.6 is 0 Å². The van der Waals surface area contributed by atoms with Crippen molar-refractivity contribution in [1.82, 2.24) is 26.2 Å². The van der Waals surface area contributed by atoms with Crippen LogP contribution in [0.4, 0.5) is 4.79 Å². The smallest absolute Gasteiger partial charge is 0.315 e. The van der Waals surface area contributed by atoms with Gasteiger partial charge >= 0.3 is 6.03 Å². The minimum Gasteiger partial charge on any atom is -0.347 e. The second-order valence-electron chi connectivity index (χ2n) is 19.5. The molecule has 5 saturated carbocycles. The number of Topliss-reactive ketones (excluding diaryl/α,β-unsaturated/α-hetero) is 1. The summed E-state index contributed by atoms with van der Waals surface area (Å²) < 4.78 is 26.0. The van der Waals surface area contributed by atoms with E-state index in [-0.39, 0.29) is 35.0 Å². The molecule has 0 spiro atoms. The van der Waals surface area contributed by atoms with Gasteiger partial charge in [0.2, 0.25) is 17.6 Å². The van der Waals surface area contributed by atoms with Gasteiger partial charge in [0.25, 0.3) is 5.91 Å². The number of amides is 5. The lowest BCUT2D eigenvalue weighted by molar-refractivity contribution is -0.146. The molecule has 1 aliphatic heterocycles. The number of urea groups is 1. The van der Waals surface area contributed by atoms with Gasteiger partial charge in [0, 0.05) is 12.6 Å². The Labute approximate surface area is 316 Å². The summed E-state index contributed by atoms with van der Waals surface area (Å²) in [6, 6.07) is -3.28. The van der Waals surface area contributed by atoms with Crippen LogP contribution in [0.15, 0.2) is 0 Å². The third-order valence-corrected chi connectivity index (χ3v) is 16.7. The van der Waals surface area contributed by atoms with Crippen LogP contribution in [0.25, 0.3) is 0 Å². The van der Waals surface area contributed by atoms with Crippen molar-refractivity contribution >= 4 is 39.4 Å². The molecule has 0 bridgehead atoms. The zero-order chi connectivity index (χ0) is 38.6. The third-order valence-electron chi connectivity index (χ3n) is 13.9.